The van der Waals surface area contributed by atoms with Crippen LogP contribution in [0.1, 0.15) is 25.5 Å². The van der Waals surface area contributed by atoms with Crippen molar-refractivity contribution < 1.29 is 4.74 Å². The van der Waals surface area contributed by atoms with Crippen molar-refractivity contribution in [1.82, 2.24) is 5.32 Å². The standard InChI is InChI=1S/C12H17BrClNO/c1-8(2)16-7-12(15-3)9-4-10(13)6-11(14)5-9/h4-6,8,12,15H,7H2,1-3H3. The minimum Gasteiger partial charge on any atom is -0.377 e. The lowest BCUT2D eigenvalue weighted by molar-refractivity contribution is 0.0626. The van der Waals surface area contributed by atoms with Crippen LogP contribution in [0.25, 0.3) is 0 Å². The first-order chi connectivity index (χ1) is 7.52. The summed E-state index contributed by atoms with van der Waals surface area (Å²) < 4.78 is 6.59. The summed E-state index contributed by atoms with van der Waals surface area (Å²) in [7, 11) is 1.92. The van der Waals surface area contributed by atoms with Gasteiger partial charge in [0.15, 0.2) is 0 Å². The molecule has 0 saturated heterocycles. The molecule has 0 heterocycles. The Morgan fingerprint density at radius 2 is 2.06 bits per heavy atom. The maximum Gasteiger partial charge on any atom is 0.0664 e. The number of likely N-dealkylation sites (N-methyl/N-ethyl adjacent to an activating group) is 1. The van der Waals surface area contributed by atoms with Gasteiger partial charge in [-0.05, 0) is 44.7 Å². The van der Waals surface area contributed by atoms with Gasteiger partial charge in [0.2, 0.25) is 0 Å². The molecule has 0 saturated carbocycles. The third kappa shape index (κ3) is 4.42. The number of ether oxygens (including phenoxy) is 1. The SMILES string of the molecule is CNC(COC(C)C)c1cc(Cl)cc(Br)c1. The first-order valence-corrected chi connectivity index (χ1v) is 6.45. The summed E-state index contributed by atoms with van der Waals surface area (Å²) in [4.78, 5) is 0. The monoisotopic (exact) mass is 305 g/mol. The van der Waals surface area contributed by atoms with E-state index in [2.05, 4.69) is 27.3 Å². The topological polar surface area (TPSA) is 21.3 Å². The van der Waals surface area contributed by atoms with Crippen molar-refractivity contribution in [3.8, 4) is 0 Å². The molecule has 0 aromatic heterocycles. The normalized spacial score (nSPS) is 13.1. The van der Waals surface area contributed by atoms with Gasteiger partial charge in [0.05, 0.1) is 18.8 Å². The van der Waals surface area contributed by atoms with Crippen LogP contribution in [0.15, 0.2) is 22.7 Å². The van der Waals surface area contributed by atoms with Crippen molar-refractivity contribution in [2.24, 2.45) is 0 Å². The molecular formula is C12H17BrClNO. The fourth-order valence-electron chi connectivity index (χ4n) is 1.41. The first kappa shape index (κ1) is 14.0. The number of benzene rings is 1. The number of rotatable bonds is 5. The molecule has 2 nitrogen and oxygen atoms in total. The predicted molar refractivity (Wildman–Crippen MR) is 72.0 cm³/mol. The van der Waals surface area contributed by atoms with Crippen LogP contribution in [0, 0.1) is 0 Å². The highest BCUT2D eigenvalue weighted by Crippen LogP contribution is 2.24. The molecule has 1 N–H and O–H groups in total. The average molecular weight is 307 g/mol. The molecule has 0 aliphatic rings. The van der Waals surface area contributed by atoms with E-state index in [1.54, 1.807) is 0 Å². The number of halogens is 2. The Labute approximate surface area is 110 Å². The molecule has 0 aliphatic heterocycles. The molecule has 0 radical (unpaired) electrons. The Morgan fingerprint density at radius 1 is 1.38 bits per heavy atom. The van der Waals surface area contributed by atoms with Gasteiger partial charge < -0.3 is 10.1 Å². The highest BCUT2D eigenvalue weighted by atomic mass is 79.9. The Morgan fingerprint density at radius 3 is 2.56 bits per heavy atom. The second-order valence-corrected chi connectivity index (χ2v) is 5.28. The van der Waals surface area contributed by atoms with Gasteiger partial charge in [-0.15, -0.1) is 0 Å². The zero-order valence-electron chi connectivity index (χ0n) is 9.76. The van der Waals surface area contributed by atoms with Crippen molar-refractivity contribution in [2.75, 3.05) is 13.7 Å². The van der Waals surface area contributed by atoms with Gasteiger partial charge in [-0.2, -0.15) is 0 Å². The maximum absolute atomic E-state index is 6.02. The summed E-state index contributed by atoms with van der Waals surface area (Å²) in [5.41, 5.74) is 1.13. The third-order valence-corrected chi connectivity index (χ3v) is 2.91. The minimum absolute atomic E-state index is 0.164. The quantitative estimate of drug-likeness (QED) is 0.893. The van der Waals surface area contributed by atoms with Gasteiger partial charge in [-0.25, -0.2) is 0 Å². The predicted octanol–water partition coefficient (Wildman–Crippen LogP) is 3.79. The molecule has 1 rings (SSSR count). The van der Waals surface area contributed by atoms with E-state index in [-0.39, 0.29) is 12.1 Å². The van der Waals surface area contributed by atoms with Crippen LogP contribution in [0.2, 0.25) is 5.02 Å². The van der Waals surface area contributed by atoms with Gasteiger partial charge in [0, 0.05) is 9.50 Å². The first-order valence-electron chi connectivity index (χ1n) is 5.27. The Hall–Kier alpha value is -0.0900. The van der Waals surface area contributed by atoms with E-state index in [0.29, 0.717) is 6.61 Å². The van der Waals surface area contributed by atoms with Gasteiger partial charge in [-0.1, -0.05) is 27.5 Å². The molecule has 0 spiro atoms. The van der Waals surface area contributed by atoms with E-state index in [1.165, 1.54) is 0 Å². The molecule has 1 aromatic carbocycles. The summed E-state index contributed by atoms with van der Waals surface area (Å²) in [5, 5.41) is 3.95. The highest BCUT2D eigenvalue weighted by Gasteiger charge is 2.11. The molecular weight excluding hydrogens is 289 g/mol. The van der Waals surface area contributed by atoms with E-state index in [9.17, 15) is 0 Å². The van der Waals surface area contributed by atoms with Gasteiger partial charge in [-0.3, -0.25) is 0 Å². The lowest BCUT2D eigenvalue weighted by Crippen LogP contribution is -2.23. The fourth-order valence-corrected chi connectivity index (χ4v) is 2.30. The van der Waals surface area contributed by atoms with Crippen LogP contribution < -0.4 is 5.32 Å². The summed E-state index contributed by atoms with van der Waals surface area (Å²) >= 11 is 9.45. The molecule has 1 aromatic rings. The molecule has 0 fully saturated rings. The molecule has 1 unspecified atom stereocenters. The van der Waals surface area contributed by atoms with Crippen LogP contribution in [0.5, 0.6) is 0 Å². The lowest BCUT2D eigenvalue weighted by Gasteiger charge is -2.19. The van der Waals surface area contributed by atoms with E-state index in [0.717, 1.165) is 15.1 Å². The second kappa shape index (κ2) is 6.60. The van der Waals surface area contributed by atoms with E-state index >= 15 is 0 Å². The van der Waals surface area contributed by atoms with Crippen LogP contribution in [-0.4, -0.2) is 19.8 Å². The summed E-state index contributed by atoms with van der Waals surface area (Å²) in [6, 6.07) is 6.05. The summed E-state index contributed by atoms with van der Waals surface area (Å²) in [6.07, 6.45) is 0.235. The molecule has 1 atom stereocenters. The van der Waals surface area contributed by atoms with E-state index in [1.807, 2.05) is 33.0 Å². The average Bonchev–Trinajstić information content (AvgIpc) is 2.16. The Kier molecular flexibility index (Phi) is 5.76. The fraction of sp³-hybridized carbons (Fsp3) is 0.500. The number of hydrogen-bond acceptors (Lipinski definition) is 2. The summed E-state index contributed by atoms with van der Waals surface area (Å²) in [5.74, 6) is 0. The zero-order chi connectivity index (χ0) is 12.1. The number of hydrogen-bond donors (Lipinski definition) is 1. The van der Waals surface area contributed by atoms with Crippen LogP contribution in [0.4, 0.5) is 0 Å². The van der Waals surface area contributed by atoms with Crippen molar-refractivity contribution >= 4 is 27.5 Å². The van der Waals surface area contributed by atoms with Crippen molar-refractivity contribution in [3.05, 3.63) is 33.3 Å². The molecule has 0 amide bonds. The Bertz CT molecular complexity index is 324. The lowest BCUT2D eigenvalue weighted by atomic mass is 10.1. The van der Waals surface area contributed by atoms with Crippen molar-refractivity contribution in [1.29, 1.82) is 0 Å². The highest BCUT2D eigenvalue weighted by molar-refractivity contribution is 9.10. The molecule has 0 bridgehead atoms. The van der Waals surface area contributed by atoms with Crippen molar-refractivity contribution in [3.63, 3.8) is 0 Å². The minimum atomic E-state index is 0.164. The summed E-state index contributed by atoms with van der Waals surface area (Å²) in [6.45, 7) is 4.70. The van der Waals surface area contributed by atoms with Crippen LogP contribution >= 0.6 is 27.5 Å². The molecule has 0 aliphatic carbocycles. The van der Waals surface area contributed by atoms with Crippen LogP contribution in [0.3, 0.4) is 0 Å². The zero-order valence-corrected chi connectivity index (χ0v) is 12.1. The molecule has 16 heavy (non-hydrogen) atoms. The maximum atomic E-state index is 6.02. The number of nitrogens with one attached hydrogen (secondary N) is 1. The molecule has 4 heteroatoms. The smallest absolute Gasteiger partial charge is 0.0664 e. The van der Waals surface area contributed by atoms with Crippen molar-refractivity contribution in [2.45, 2.75) is 26.0 Å². The Balaban J connectivity index is 2.78. The third-order valence-electron chi connectivity index (χ3n) is 2.23. The second-order valence-electron chi connectivity index (χ2n) is 3.93. The van der Waals surface area contributed by atoms with Gasteiger partial charge in [0.25, 0.3) is 0 Å². The van der Waals surface area contributed by atoms with E-state index in [4.69, 9.17) is 16.3 Å². The molecule has 90 valence electrons. The van der Waals surface area contributed by atoms with E-state index < -0.39 is 0 Å². The van der Waals surface area contributed by atoms with Gasteiger partial charge in [0.1, 0.15) is 0 Å². The largest absolute Gasteiger partial charge is 0.377 e. The van der Waals surface area contributed by atoms with Crippen LogP contribution in [-0.2, 0) is 4.74 Å². The van der Waals surface area contributed by atoms with Gasteiger partial charge >= 0.3 is 0 Å².